The smallest absolute Gasteiger partial charge is 0.320 e. The molecule has 0 aromatic heterocycles. The van der Waals surface area contributed by atoms with E-state index in [9.17, 15) is 4.79 Å². The van der Waals surface area contributed by atoms with Crippen LogP contribution in [-0.2, 0) is 9.53 Å². The van der Waals surface area contributed by atoms with Crippen LogP contribution in [0.4, 0.5) is 0 Å². The third-order valence-corrected chi connectivity index (χ3v) is 2.87. The quantitative estimate of drug-likeness (QED) is 0.681. The minimum absolute atomic E-state index is 0.0992. The highest BCUT2D eigenvalue weighted by atomic mass is 16.5. The number of nitrogens with zero attached hydrogens (tertiary/aromatic N) is 1. The zero-order valence-corrected chi connectivity index (χ0v) is 9.79. The lowest BCUT2D eigenvalue weighted by atomic mass is 10.1. The van der Waals surface area contributed by atoms with E-state index in [4.69, 9.17) is 4.74 Å². The first-order chi connectivity index (χ1) is 7.27. The fraction of sp³-hybridized carbons (Fsp3) is 0.909. The summed E-state index contributed by atoms with van der Waals surface area (Å²) >= 11 is 0. The molecule has 0 bridgehead atoms. The molecule has 0 aliphatic carbocycles. The summed E-state index contributed by atoms with van der Waals surface area (Å²) in [4.78, 5) is 13.6. The Morgan fingerprint density at radius 3 is 2.60 bits per heavy atom. The third kappa shape index (κ3) is 4.18. The van der Waals surface area contributed by atoms with Gasteiger partial charge in [0.05, 0.1) is 13.2 Å². The van der Waals surface area contributed by atoms with E-state index in [0.29, 0.717) is 19.2 Å². The predicted molar refractivity (Wildman–Crippen MR) is 59.8 cm³/mol. The van der Waals surface area contributed by atoms with Crippen molar-refractivity contribution >= 4 is 5.97 Å². The van der Waals surface area contributed by atoms with Gasteiger partial charge < -0.3 is 10.1 Å². The molecule has 1 fully saturated rings. The molecule has 1 rings (SSSR count). The van der Waals surface area contributed by atoms with E-state index in [1.165, 1.54) is 0 Å². The minimum atomic E-state index is -0.0992. The van der Waals surface area contributed by atoms with E-state index >= 15 is 0 Å². The lowest BCUT2D eigenvalue weighted by Crippen LogP contribution is -2.45. The number of nitrogens with one attached hydrogen (secondary N) is 1. The number of carbonyl (C=O) groups excluding carboxylic acids is 1. The molecule has 0 atom stereocenters. The molecular formula is C11H22N2O2. The van der Waals surface area contributed by atoms with Crippen LogP contribution in [-0.4, -0.2) is 49.7 Å². The maximum absolute atomic E-state index is 11.4. The van der Waals surface area contributed by atoms with Crippen molar-refractivity contribution in [3.63, 3.8) is 0 Å². The Balaban J connectivity index is 2.36. The Bertz CT molecular complexity index is 191. The highest BCUT2D eigenvalue weighted by Gasteiger charge is 2.21. The fourth-order valence-corrected chi connectivity index (χ4v) is 2.04. The first kappa shape index (κ1) is 12.5. The monoisotopic (exact) mass is 214 g/mol. The van der Waals surface area contributed by atoms with E-state index < -0.39 is 0 Å². The topological polar surface area (TPSA) is 41.6 Å². The van der Waals surface area contributed by atoms with Crippen LogP contribution >= 0.6 is 0 Å². The van der Waals surface area contributed by atoms with Gasteiger partial charge in [0.15, 0.2) is 0 Å². The Labute approximate surface area is 92.0 Å². The summed E-state index contributed by atoms with van der Waals surface area (Å²) in [7, 11) is 0. The number of ether oxygens (including phenoxy) is 1. The summed E-state index contributed by atoms with van der Waals surface area (Å²) in [5.41, 5.74) is 0. The number of rotatable bonds is 5. The van der Waals surface area contributed by atoms with Crippen molar-refractivity contribution in [1.29, 1.82) is 0 Å². The molecule has 1 heterocycles. The normalized spacial score (nSPS) is 18.1. The third-order valence-electron chi connectivity index (χ3n) is 2.87. The van der Waals surface area contributed by atoms with Crippen molar-refractivity contribution in [3.8, 4) is 0 Å². The van der Waals surface area contributed by atoms with E-state index in [2.05, 4.69) is 17.1 Å². The average molecular weight is 214 g/mol. The predicted octanol–water partition coefficient (Wildman–Crippen LogP) is 0.623. The zero-order chi connectivity index (χ0) is 11.1. The Morgan fingerprint density at radius 1 is 1.40 bits per heavy atom. The first-order valence-electron chi connectivity index (χ1n) is 5.88. The minimum Gasteiger partial charge on any atom is -0.465 e. The van der Waals surface area contributed by atoms with Gasteiger partial charge in [-0.05, 0) is 39.4 Å². The second kappa shape index (κ2) is 6.80. The molecule has 0 aromatic carbocycles. The number of hydrogen-bond acceptors (Lipinski definition) is 4. The fourth-order valence-electron chi connectivity index (χ4n) is 2.04. The molecule has 0 unspecified atom stereocenters. The van der Waals surface area contributed by atoms with Gasteiger partial charge in [0.25, 0.3) is 0 Å². The van der Waals surface area contributed by atoms with Gasteiger partial charge in [-0.2, -0.15) is 0 Å². The number of esters is 1. The van der Waals surface area contributed by atoms with Gasteiger partial charge in [0.2, 0.25) is 0 Å². The average Bonchev–Trinajstić information content (AvgIpc) is 2.27. The van der Waals surface area contributed by atoms with Crippen molar-refractivity contribution < 1.29 is 9.53 Å². The summed E-state index contributed by atoms with van der Waals surface area (Å²) < 4.78 is 4.97. The van der Waals surface area contributed by atoms with Gasteiger partial charge in [0.1, 0.15) is 0 Å². The molecule has 4 nitrogen and oxygen atoms in total. The second-order valence-corrected chi connectivity index (χ2v) is 3.85. The van der Waals surface area contributed by atoms with E-state index in [1.54, 1.807) is 0 Å². The van der Waals surface area contributed by atoms with Crippen LogP contribution in [0.5, 0.6) is 0 Å². The highest BCUT2D eigenvalue weighted by Crippen LogP contribution is 2.11. The van der Waals surface area contributed by atoms with Crippen LogP contribution in [0, 0.1) is 0 Å². The highest BCUT2D eigenvalue weighted by molar-refractivity contribution is 5.71. The summed E-state index contributed by atoms with van der Waals surface area (Å²) in [6.07, 6.45) is 2.26. The lowest BCUT2D eigenvalue weighted by Gasteiger charge is -2.32. The maximum Gasteiger partial charge on any atom is 0.320 e. The first-order valence-corrected chi connectivity index (χ1v) is 5.88. The van der Waals surface area contributed by atoms with Crippen molar-refractivity contribution in [2.45, 2.75) is 32.7 Å². The number of piperidine rings is 1. The summed E-state index contributed by atoms with van der Waals surface area (Å²) in [5, 5.41) is 3.33. The Morgan fingerprint density at radius 2 is 2.07 bits per heavy atom. The van der Waals surface area contributed by atoms with Gasteiger partial charge in [-0.15, -0.1) is 0 Å². The number of hydrogen-bond donors (Lipinski definition) is 1. The largest absolute Gasteiger partial charge is 0.465 e. The van der Waals surface area contributed by atoms with Crippen LogP contribution in [0.25, 0.3) is 0 Å². The molecule has 1 aliphatic rings. The van der Waals surface area contributed by atoms with Crippen LogP contribution in [0.3, 0.4) is 0 Å². The molecule has 4 heteroatoms. The number of carbonyl (C=O) groups is 1. The van der Waals surface area contributed by atoms with Crippen LogP contribution in [0.1, 0.15) is 26.7 Å². The van der Waals surface area contributed by atoms with Gasteiger partial charge in [-0.1, -0.05) is 6.92 Å². The van der Waals surface area contributed by atoms with Crippen molar-refractivity contribution in [2.24, 2.45) is 0 Å². The SMILES string of the molecule is CCOC(=O)CN(CC)C1CCNCC1. The van der Waals surface area contributed by atoms with Crippen LogP contribution in [0.15, 0.2) is 0 Å². The molecule has 0 radical (unpaired) electrons. The molecule has 15 heavy (non-hydrogen) atoms. The summed E-state index contributed by atoms with van der Waals surface area (Å²) in [6, 6.07) is 0.542. The molecule has 0 aromatic rings. The Hall–Kier alpha value is -0.610. The Kier molecular flexibility index (Phi) is 5.65. The van der Waals surface area contributed by atoms with Crippen LogP contribution < -0.4 is 5.32 Å². The van der Waals surface area contributed by atoms with E-state index in [-0.39, 0.29) is 5.97 Å². The van der Waals surface area contributed by atoms with Crippen LogP contribution in [0.2, 0.25) is 0 Å². The van der Waals surface area contributed by atoms with Gasteiger partial charge in [-0.3, -0.25) is 9.69 Å². The van der Waals surface area contributed by atoms with Crippen molar-refractivity contribution in [1.82, 2.24) is 10.2 Å². The number of likely N-dealkylation sites (N-methyl/N-ethyl adjacent to an activating group) is 1. The molecular weight excluding hydrogens is 192 g/mol. The maximum atomic E-state index is 11.4. The molecule has 0 spiro atoms. The van der Waals surface area contributed by atoms with E-state index in [1.807, 2.05) is 6.92 Å². The molecule has 1 aliphatic heterocycles. The molecule has 1 saturated heterocycles. The lowest BCUT2D eigenvalue weighted by molar-refractivity contribution is -0.145. The standard InChI is InChI=1S/C11H22N2O2/c1-3-13(9-11(14)15-4-2)10-5-7-12-8-6-10/h10,12H,3-9H2,1-2H3. The van der Waals surface area contributed by atoms with Crippen molar-refractivity contribution in [2.75, 3.05) is 32.8 Å². The van der Waals surface area contributed by atoms with Gasteiger partial charge in [-0.25, -0.2) is 0 Å². The summed E-state index contributed by atoms with van der Waals surface area (Å²) in [5.74, 6) is -0.0992. The molecule has 0 saturated carbocycles. The molecule has 1 N–H and O–H groups in total. The van der Waals surface area contributed by atoms with Crippen molar-refractivity contribution in [3.05, 3.63) is 0 Å². The zero-order valence-electron chi connectivity index (χ0n) is 9.79. The molecule has 0 amide bonds. The van der Waals surface area contributed by atoms with E-state index in [0.717, 1.165) is 32.5 Å². The molecule has 88 valence electrons. The van der Waals surface area contributed by atoms with Gasteiger partial charge >= 0.3 is 5.97 Å². The summed E-state index contributed by atoms with van der Waals surface area (Å²) in [6.45, 7) is 7.90. The van der Waals surface area contributed by atoms with Gasteiger partial charge in [0, 0.05) is 6.04 Å². The second-order valence-electron chi connectivity index (χ2n) is 3.85.